The van der Waals surface area contributed by atoms with E-state index in [9.17, 15) is 9.18 Å². The van der Waals surface area contributed by atoms with Gasteiger partial charge in [0.05, 0.1) is 5.01 Å². The van der Waals surface area contributed by atoms with Gasteiger partial charge in [-0.1, -0.05) is 42.5 Å². The number of nitrogens with one attached hydrogen (secondary N) is 1. The van der Waals surface area contributed by atoms with Crippen LogP contribution in [0.15, 0.2) is 60.0 Å². The number of carbonyl (C=O) groups is 1. The van der Waals surface area contributed by atoms with Crippen LogP contribution < -0.4 is 5.32 Å². The highest BCUT2D eigenvalue weighted by Gasteiger charge is 2.10. The maximum atomic E-state index is 12.8. The zero-order valence-electron chi connectivity index (χ0n) is 12.3. The molecular formula is C18H15FN2OS. The third kappa shape index (κ3) is 4.23. The Hall–Kier alpha value is -2.53. The summed E-state index contributed by atoms with van der Waals surface area (Å²) in [7, 11) is 0. The van der Waals surface area contributed by atoms with Crippen LogP contribution in [-0.2, 0) is 13.0 Å². The van der Waals surface area contributed by atoms with E-state index in [0.717, 1.165) is 17.0 Å². The van der Waals surface area contributed by atoms with Gasteiger partial charge in [-0.3, -0.25) is 4.79 Å². The molecule has 23 heavy (non-hydrogen) atoms. The fraction of sp³-hybridized carbons (Fsp3) is 0.111. The lowest BCUT2D eigenvalue weighted by atomic mass is 10.2. The number of halogens is 1. The van der Waals surface area contributed by atoms with E-state index < -0.39 is 0 Å². The summed E-state index contributed by atoms with van der Waals surface area (Å²) < 4.78 is 12.8. The number of thiazole rings is 1. The smallest absolute Gasteiger partial charge is 0.271 e. The monoisotopic (exact) mass is 326 g/mol. The molecule has 0 aliphatic carbocycles. The number of hydrogen-bond acceptors (Lipinski definition) is 3. The second-order valence-electron chi connectivity index (χ2n) is 5.10. The molecule has 3 rings (SSSR count). The van der Waals surface area contributed by atoms with Gasteiger partial charge in [-0.05, 0) is 23.3 Å². The lowest BCUT2D eigenvalue weighted by Gasteiger charge is -2.03. The molecule has 3 aromatic rings. The van der Waals surface area contributed by atoms with Crippen molar-refractivity contribution < 1.29 is 9.18 Å². The minimum Gasteiger partial charge on any atom is -0.347 e. The van der Waals surface area contributed by atoms with E-state index in [-0.39, 0.29) is 11.7 Å². The number of hydrogen-bond donors (Lipinski definition) is 1. The zero-order valence-corrected chi connectivity index (χ0v) is 13.1. The summed E-state index contributed by atoms with van der Waals surface area (Å²) in [5, 5.41) is 5.46. The van der Waals surface area contributed by atoms with Gasteiger partial charge >= 0.3 is 0 Å². The van der Waals surface area contributed by atoms with Gasteiger partial charge in [0.25, 0.3) is 5.91 Å². The van der Waals surface area contributed by atoms with E-state index in [1.165, 1.54) is 29.0 Å². The molecule has 0 atom stereocenters. The quantitative estimate of drug-likeness (QED) is 0.775. The number of carbonyl (C=O) groups excluding carboxylic acids is 1. The maximum absolute atomic E-state index is 12.8. The standard InChI is InChI=1S/C18H15FN2OS/c19-15-8-6-14(7-9-15)11-20-18(22)16-12-23-17(21-16)10-13-4-2-1-3-5-13/h1-9,12H,10-11H2,(H,20,22). The first-order valence-electron chi connectivity index (χ1n) is 7.22. The van der Waals surface area contributed by atoms with Crippen LogP contribution in [0.5, 0.6) is 0 Å². The Bertz CT molecular complexity index is 784. The molecule has 3 nitrogen and oxygen atoms in total. The Morgan fingerprint density at radius 1 is 1.04 bits per heavy atom. The SMILES string of the molecule is O=C(NCc1ccc(F)cc1)c1csc(Cc2ccccc2)n1. The van der Waals surface area contributed by atoms with Crippen LogP contribution in [0, 0.1) is 5.82 Å². The van der Waals surface area contributed by atoms with E-state index in [4.69, 9.17) is 0 Å². The van der Waals surface area contributed by atoms with Gasteiger partial charge in [-0.2, -0.15) is 0 Å². The molecule has 0 unspecified atom stereocenters. The molecule has 5 heteroatoms. The Kier molecular flexibility index (Phi) is 4.78. The molecule has 1 amide bonds. The first kappa shape index (κ1) is 15.4. The second kappa shape index (κ2) is 7.15. The van der Waals surface area contributed by atoms with E-state index in [1.54, 1.807) is 17.5 Å². The zero-order chi connectivity index (χ0) is 16.1. The summed E-state index contributed by atoms with van der Waals surface area (Å²) in [5.74, 6) is -0.505. The summed E-state index contributed by atoms with van der Waals surface area (Å²) in [5.41, 5.74) is 2.43. The van der Waals surface area contributed by atoms with Gasteiger partial charge < -0.3 is 5.32 Å². The van der Waals surface area contributed by atoms with Crippen LogP contribution in [0.1, 0.15) is 26.6 Å². The van der Waals surface area contributed by atoms with Gasteiger partial charge in [0.1, 0.15) is 11.5 Å². The van der Waals surface area contributed by atoms with Crippen LogP contribution >= 0.6 is 11.3 Å². The van der Waals surface area contributed by atoms with E-state index in [0.29, 0.717) is 12.2 Å². The number of amides is 1. The number of benzene rings is 2. The van der Waals surface area contributed by atoms with Crippen molar-refractivity contribution in [2.75, 3.05) is 0 Å². The summed E-state index contributed by atoms with van der Waals surface area (Å²) in [6, 6.07) is 16.1. The Balaban J connectivity index is 1.59. The normalized spacial score (nSPS) is 10.5. The number of nitrogens with zero attached hydrogens (tertiary/aromatic N) is 1. The Labute approximate surface area is 137 Å². The van der Waals surface area contributed by atoms with Crippen molar-refractivity contribution >= 4 is 17.2 Å². The lowest BCUT2D eigenvalue weighted by molar-refractivity contribution is 0.0946. The summed E-state index contributed by atoms with van der Waals surface area (Å²) in [6.45, 7) is 0.352. The molecule has 0 fully saturated rings. The number of rotatable bonds is 5. The van der Waals surface area contributed by atoms with Crippen LogP contribution in [0.25, 0.3) is 0 Å². The van der Waals surface area contributed by atoms with Crippen LogP contribution in [0.4, 0.5) is 4.39 Å². The third-order valence-corrected chi connectivity index (χ3v) is 4.20. The second-order valence-corrected chi connectivity index (χ2v) is 6.04. The predicted octanol–water partition coefficient (Wildman–Crippen LogP) is 3.80. The van der Waals surface area contributed by atoms with Crippen LogP contribution in [-0.4, -0.2) is 10.9 Å². The highest BCUT2D eigenvalue weighted by molar-refractivity contribution is 7.09. The molecule has 0 spiro atoms. The molecule has 1 aromatic heterocycles. The highest BCUT2D eigenvalue weighted by atomic mass is 32.1. The minimum atomic E-state index is -0.287. The van der Waals surface area contributed by atoms with E-state index in [1.807, 2.05) is 30.3 Å². The van der Waals surface area contributed by atoms with E-state index >= 15 is 0 Å². The van der Waals surface area contributed by atoms with E-state index in [2.05, 4.69) is 10.3 Å². The lowest BCUT2D eigenvalue weighted by Crippen LogP contribution is -2.23. The Morgan fingerprint density at radius 3 is 2.52 bits per heavy atom. The molecule has 0 aliphatic heterocycles. The van der Waals surface area contributed by atoms with Gasteiger partial charge in [0, 0.05) is 18.3 Å². The Morgan fingerprint density at radius 2 is 1.78 bits per heavy atom. The molecule has 1 heterocycles. The highest BCUT2D eigenvalue weighted by Crippen LogP contribution is 2.15. The van der Waals surface area contributed by atoms with Crippen molar-refractivity contribution in [1.29, 1.82) is 0 Å². The number of aromatic nitrogens is 1. The van der Waals surface area contributed by atoms with Crippen molar-refractivity contribution in [2.45, 2.75) is 13.0 Å². The van der Waals surface area contributed by atoms with Crippen molar-refractivity contribution in [3.8, 4) is 0 Å². The van der Waals surface area contributed by atoms with Gasteiger partial charge in [-0.15, -0.1) is 11.3 Å². The molecule has 1 N–H and O–H groups in total. The van der Waals surface area contributed by atoms with Crippen molar-refractivity contribution in [2.24, 2.45) is 0 Å². The summed E-state index contributed by atoms with van der Waals surface area (Å²) >= 11 is 1.47. The molecule has 2 aromatic carbocycles. The molecule has 0 aliphatic rings. The molecular weight excluding hydrogens is 311 g/mol. The topological polar surface area (TPSA) is 42.0 Å². The maximum Gasteiger partial charge on any atom is 0.271 e. The molecule has 0 saturated carbocycles. The minimum absolute atomic E-state index is 0.218. The largest absolute Gasteiger partial charge is 0.347 e. The van der Waals surface area contributed by atoms with Crippen molar-refractivity contribution in [1.82, 2.24) is 10.3 Å². The average Bonchev–Trinajstić information content (AvgIpc) is 3.03. The van der Waals surface area contributed by atoms with Crippen molar-refractivity contribution in [3.05, 3.63) is 87.6 Å². The van der Waals surface area contributed by atoms with Crippen molar-refractivity contribution in [3.63, 3.8) is 0 Å². The van der Waals surface area contributed by atoms with Crippen LogP contribution in [0.2, 0.25) is 0 Å². The van der Waals surface area contributed by atoms with Gasteiger partial charge in [0.2, 0.25) is 0 Å². The fourth-order valence-corrected chi connectivity index (χ4v) is 2.95. The van der Waals surface area contributed by atoms with Crippen LogP contribution in [0.3, 0.4) is 0 Å². The van der Waals surface area contributed by atoms with Gasteiger partial charge in [0.15, 0.2) is 0 Å². The summed E-state index contributed by atoms with van der Waals surface area (Å²) in [6.07, 6.45) is 0.719. The molecule has 116 valence electrons. The average molecular weight is 326 g/mol. The molecule has 0 radical (unpaired) electrons. The molecule has 0 saturated heterocycles. The predicted molar refractivity (Wildman–Crippen MR) is 88.9 cm³/mol. The first-order valence-corrected chi connectivity index (χ1v) is 8.09. The van der Waals surface area contributed by atoms with Gasteiger partial charge in [-0.25, -0.2) is 9.37 Å². The summed E-state index contributed by atoms with van der Waals surface area (Å²) in [4.78, 5) is 16.5. The molecule has 0 bridgehead atoms. The first-order chi connectivity index (χ1) is 11.2. The fourth-order valence-electron chi connectivity index (χ4n) is 2.14. The third-order valence-electron chi connectivity index (χ3n) is 3.35.